The van der Waals surface area contributed by atoms with E-state index in [1.807, 2.05) is 24.3 Å². The molecule has 1 aromatic rings. The summed E-state index contributed by atoms with van der Waals surface area (Å²) < 4.78 is 0. The molecule has 1 aliphatic heterocycles. The van der Waals surface area contributed by atoms with Crippen molar-refractivity contribution in [1.82, 2.24) is 10.2 Å². The number of nitrogens with zero attached hydrogens (tertiary/aromatic N) is 2. The van der Waals surface area contributed by atoms with Crippen LogP contribution in [0.15, 0.2) is 29.3 Å². The second-order valence-corrected chi connectivity index (χ2v) is 4.72. The lowest BCUT2D eigenvalue weighted by atomic mass is 10.1. The summed E-state index contributed by atoms with van der Waals surface area (Å²) in [6.45, 7) is 2.33. The molecule has 1 aromatic carbocycles. The van der Waals surface area contributed by atoms with E-state index in [9.17, 15) is 9.59 Å². The summed E-state index contributed by atoms with van der Waals surface area (Å²) >= 11 is 0. The number of hydrogen-bond acceptors (Lipinski definition) is 2. The second-order valence-electron chi connectivity index (χ2n) is 4.72. The first-order valence-electron chi connectivity index (χ1n) is 6.58. The number of nitrogens with one attached hydrogen (secondary N) is 2. The van der Waals surface area contributed by atoms with Gasteiger partial charge >= 0.3 is 6.03 Å². The molecule has 0 aliphatic carbocycles. The third kappa shape index (κ3) is 3.57. The van der Waals surface area contributed by atoms with E-state index in [0.717, 1.165) is 12.8 Å². The van der Waals surface area contributed by atoms with Crippen molar-refractivity contribution in [2.24, 2.45) is 4.99 Å². The number of likely N-dealkylation sites (N-methyl/N-ethyl adjacent to an activating group) is 1. The number of hydrogen-bond donors (Lipinski definition) is 2. The van der Waals surface area contributed by atoms with Gasteiger partial charge < -0.3 is 10.2 Å². The highest BCUT2D eigenvalue weighted by Crippen LogP contribution is 2.12. The van der Waals surface area contributed by atoms with Crippen LogP contribution in [0.2, 0.25) is 0 Å². The number of carbonyl (C=O) groups excluding carboxylic acids is 2. The van der Waals surface area contributed by atoms with Crippen molar-refractivity contribution < 1.29 is 9.59 Å². The zero-order valence-electron chi connectivity index (χ0n) is 11.6. The van der Waals surface area contributed by atoms with E-state index in [2.05, 4.69) is 22.5 Å². The summed E-state index contributed by atoms with van der Waals surface area (Å²) in [6, 6.07) is 7.17. The van der Waals surface area contributed by atoms with Gasteiger partial charge in [-0.05, 0) is 24.1 Å². The average molecular weight is 274 g/mol. The molecular weight excluding hydrogens is 256 g/mol. The Morgan fingerprint density at radius 1 is 1.50 bits per heavy atom. The molecule has 1 fully saturated rings. The predicted molar refractivity (Wildman–Crippen MR) is 77.7 cm³/mol. The highest BCUT2D eigenvalue weighted by molar-refractivity contribution is 6.09. The van der Waals surface area contributed by atoms with Gasteiger partial charge in [-0.1, -0.05) is 25.5 Å². The Labute approximate surface area is 117 Å². The van der Waals surface area contributed by atoms with Gasteiger partial charge in [0.2, 0.25) is 11.9 Å². The quantitative estimate of drug-likeness (QED) is 0.879. The van der Waals surface area contributed by atoms with Gasteiger partial charge in [-0.3, -0.25) is 10.1 Å². The summed E-state index contributed by atoms with van der Waals surface area (Å²) in [7, 11) is 1.70. The van der Waals surface area contributed by atoms with Gasteiger partial charge in [0.25, 0.3) is 0 Å². The van der Waals surface area contributed by atoms with Crippen LogP contribution in [0.4, 0.5) is 10.5 Å². The molecule has 6 heteroatoms. The van der Waals surface area contributed by atoms with Gasteiger partial charge in [-0.25, -0.2) is 4.79 Å². The Balaban J connectivity index is 2.03. The molecule has 0 saturated carbocycles. The zero-order chi connectivity index (χ0) is 14.5. The van der Waals surface area contributed by atoms with Crippen LogP contribution >= 0.6 is 0 Å². The lowest BCUT2D eigenvalue weighted by Crippen LogP contribution is -2.29. The van der Waals surface area contributed by atoms with Crippen LogP contribution in [-0.4, -0.2) is 36.4 Å². The molecular formula is C14H18N4O2. The van der Waals surface area contributed by atoms with Gasteiger partial charge in [0, 0.05) is 12.7 Å². The molecule has 0 radical (unpaired) electrons. The standard InChI is InChI=1S/C14H18N4O2/c1-3-5-10-6-4-7-11(8-10)15-14(20)17-13-16-12(19)9-18(13)2/h4,6-8H,3,5,9H2,1-2H3,(H2,15,16,17,19,20). The maximum Gasteiger partial charge on any atom is 0.348 e. The molecule has 6 nitrogen and oxygen atoms in total. The van der Waals surface area contributed by atoms with Crippen molar-refractivity contribution in [3.8, 4) is 0 Å². The number of anilines is 1. The Kier molecular flexibility index (Phi) is 4.34. The summed E-state index contributed by atoms with van der Waals surface area (Å²) in [5.74, 6) is 0.112. The molecule has 1 saturated heterocycles. The zero-order valence-corrected chi connectivity index (χ0v) is 11.6. The third-order valence-electron chi connectivity index (χ3n) is 2.92. The molecule has 0 unspecified atom stereocenters. The molecule has 2 N–H and O–H groups in total. The Morgan fingerprint density at radius 3 is 2.95 bits per heavy atom. The van der Waals surface area contributed by atoms with Crippen molar-refractivity contribution in [2.75, 3.05) is 18.9 Å². The monoisotopic (exact) mass is 274 g/mol. The molecule has 1 aliphatic rings. The lowest BCUT2D eigenvalue weighted by Gasteiger charge is -2.09. The topological polar surface area (TPSA) is 73.8 Å². The van der Waals surface area contributed by atoms with Gasteiger partial charge in [0.15, 0.2) is 0 Å². The molecule has 0 aromatic heterocycles. The Morgan fingerprint density at radius 2 is 2.30 bits per heavy atom. The van der Waals surface area contributed by atoms with E-state index in [1.54, 1.807) is 11.9 Å². The fraction of sp³-hybridized carbons (Fsp3) is 0.357. The maximum absolute atomic E-state index is 11.8. The Hall–Kier alpha value is -2.37. The first-order chi connectivity index (χ1) is 9.58. The Bertz CT molecular complexity index is 554. The van der Waals surface area contributed by atoms with E-state index in [-0.39, 0.29) is 18.4 Å². The molecule has 0 bridgehead atoms. The number of aliphatic imine (C=N–C) groups is 1. The van der Waals surface area contributed by atoms with Gasteiger partial charge in [0.1, 0.15) is 0 Å². The van der Waals surface area contributed by atoms with Crippen molar-refractivity contribution in [3.05, 3.63) is 29.8 Å². The fourth-order valence-corrected chi connectivity index (χ4v) is 2.00. The number of aryl methyl sites for hydroxylation is 1. The molecule has 0 atom stereocenters. The van der Waals surface area contributed by atoms with Crippen molar-refractivity contribution in [1.29, 1.82) is 0 Å². The minimum Gasteiger partial charge on any atom is -0.336 e. The number of carbonyl (C=O) groups is 2. The van der Waals surface area contributed by atoms with Crippen LogP contribution in [0.1, 0.15) is 18.9 Å². The summed E-state index contributed by atoms with van der Waals surface area (Å²) in [4.78, 5) is 28.4. The van der Waals surface area contributed by atoms with E-state index in [4.69, 9.17) is 0 Å². The molecule has 1 heterocycles. The maximum atomic E-state index is 11.8. The van der Waals surface area contributed by atoms with Crippen molar-refractivity contribution in [3.63, 3.8) is 0 Å². The van der Waals surface area contributed by atoms with E-state index >= 15 is 0 Å². The molecule has 2 rings (SSSR count). The number of urea groups is 1. The van der Waals surface area contributed by atoms with E-state index in [1.165, 1.54) is 5.56 Å². The highest BCUT2D eigenvalue weighted by Gasteiger charge is 2.22. The predicted octanol–water partition coefficient (Wildman–Crippen LogP) is 1.59. The van der Waals surface area contributed by atoms with Crippen LogP contribution in [0, 0.1) is 0 Å². The van der Waals surface area contributed by atoms with Gasteiger partial charge in [-0.2, -0.15) is 4.99 Å². The van der Waals surface area contributed by atoms with Crippen LogP contribution in [0.3, 0.4) is 0 Å². The molecule has 20 heavy (non-hydrogen) atoms. The molecule has 106 valence electrons. The highest BCUT2D eigenvalue weighted by atomic mass is 16.2. The summed E-state index contributed by atoms with van der Waals surface area (Å²) in [5, 5.41) is 5.23. The fourth-order valence-electron chi connectivity index (χ4n) is 2.00. The molecule has 0 spiro atoms. The summed E-state index contributed by atoms with van der Waals surface area (Å²) in [6.07, 6.45) is 2.02. The van der Waals surface area contributed by atoms with Crippen LogP contribution in [0.25, 0.3) is 0 Å². The van der Waals surface area contributed by atoms with Gasteiger partial charge in [0.05, 0.1) is 6.54 Å². The normalized spacial score (nSPS) is 16.4. The van der Waals surface area contributed by atoms with Crippen molar-refractivity contribution in [2.45, 2.75) is 19.8 Å². The number of amides is 3. The number of guanidine groups is 1. The second kappa shape index (κ2) is 6.18. The molecule has 3 amide bonds. The van der Waals surface area contributed by atoms with Crippen molar-refractivity contribution >= 4 is 23.6 Å². The minimum absolute atomic E-state index is 0.163. The first kappa shape index (κ1) is 14.0. The van der Waals surface area contributed by atoms with E-state index in [0.29, 0.717) is 5.69 Å². The SMILES string of the molecule is CCCc1cccc(NC(=O)N=C2NC(=O)CN2C)c1. The van der Waals surface area contributed by atoms with Gasteiger partial charge in [-0.15, -0.1) is 0 Å². The average Bonchev–Trinajstić information content (AvgIpc) is 2.68. The van der Waals surface area contributed by atoms with Crippen LogP contribution in [0.5, 0.6) is 0 Å². The number of benzene rings is 1. The third-order valence-corrected chi connectivity index (χ3v) is 2.92. The lowest BCUT2D eigenvalue weighted by molar-refractivity contribution is -0.118. The minimum atomic E-state index is -0.498. The van der Waals surface area contributed by atoms with E-state index < -0.39 is 6.03 Å². The van der Waals surface area contributed by atoms with Crippen LogP contribution in [-0.2, 0) is 11.2 Å². The van der Waals surface area contributed by atoms with Crippen LogP contribution < -0.4 is 10.6 Å². The number of rotatable bonds is 3. The summed E-state index contributed by atoms with van der Waals surface area (Å²) in [5.41, 5.74) is 1.88. The first-order valence-corrected chi connectivity index (χ1v) is 6.58. The largest absolute Gasteiger partial charge is 0.348 e. The smallest absolute Gasteiger partial charge is 0.336 e.